The second-order valence-corrected chi connectivity index (χ2v) is 9.00. The monoisotopic (exact) mass is 514 g/mol. The summed E-state index contributed by atoms with van der Waals surface area (Å²) in [5.74, 6) is 0.462. The lowest BCUT2D eigenvalue weighted by Gasteiger charge is -2.26. The Hall–Kier alpha value is -4.32. The second kappa shape index (κ2) is 11.9. The predicted molar refractivity (Wildman–Crippen MR) is 134 cm³/mol. The van der Waals surface area contributed by atoms with Gasteiger partial charge in [0.25, 0.3) is 15.9 Å². The molecule has 0 spiro atoms. The number of carbonyl (C=O) groups is 1. The lowest BCUT2D eigenvalue weighted by molar-refractivity contribution is -0.119. The highest BCUT2D eigenvalue weighted by atomic mass is 32.2. The fraction of sp³-hybridized carbons (Fsp3) is 0.208. The number of ether oxygens (including phenoxy) is 4. The van der Waals surface area contributed by atoms with Gasteiger partial charge in [0.15, 0.2) is 11.5 Å². The van der Waals surface area contributed by atoms with Gasteiger partial charge in [-0.2, -0.15) is 5.10 Å². The maximum absolute atomic E-state index is 13.8. The fourth-order valence-electron chi connectivity index (χ4n) is 3.19. The van der Waals surface area contributed by atoms with Crippen molar-refractivity contribution in [2.75, 3.05) is 39.3 Å². The molecular weight excluding hydrogens is 488 g/mol. The highest BCUT2D eigenvalue weighted by molar-refractivity contribution is 7.92. The summed E-state index contributed by atoms with van der Waals surface area (Å²) in [6.07, 6.45) is 4.57. The van der Waals surface area contributed by atoms with Crippen molar-refractivity contribution in [2.24, 2.45) is 5.10 Å². The van der Waals surface area contributed by atoms with Gasteiger partial charge in [0, 0.05) is 24.5 Å². The van der Waals surface area contributed by atoms with Crippen LogP contribution in [-0.2, 0) is 14.8 Å². The number of nitrogens with one attached hydrogen (secondary N) is 1. The summed E-state index contributed by atoms with van der Waals surface area (Å²) in [7, 11) is 1.37. The first-order chi connectivity index (χ1) is 17.3. The molecule has 0 radical (unpaired) electrons. The molecule has 1 amide bonds. The molecule has 1 aromatic heterocycles. The number of aromatic nitrogens is 1. The number of nitrogens with zero attached hydrogens (tertiary/aromatic N) is 3. The number of carbonyl (C=O) groups excluding carboxylic acids is 1. The zero-order chi connectivity index (χ0) is 26.1. The second-order valence-electron chi connectivity index (χ2n) is 7.14. The molecule has 0 fully saturated rings. The van der Waals surface area contributed by atoms with E-state index in [1.54, 1.807) is 36.7 Å². The standard InChI is InChI=1S/C24H26N4O7S/c1-32-18-5-7-21(33-2)20(13-18)28(16-24(29)27-26-15-17-9-11-25-12-10-17)36(30,31)19-6-8-22(34-3)23(14-19)35-4/h5-15H,16H2,1-4H3,(H,27,29)/b26-15-. The molecule has 3 rings (SSSR count). The third kappa shape index (κ3) is 6.02. The summed E-state index contributed by atoms with van der Waals surface area (Å²) in [5.41, 5.74) is 3.15. The first-order valence-electron chi connectivity index (χ1n) is 10.5. The predicted octanol–water partition coefficient (Wildman–Crippen LogP) is 2.46. The van der Waals surface area contributed by atoms with Gasteiger partial charge in [-0.25, -0.2) is 13.8 Å². The first kappa shape index (κ1) is 26.3. The van der Waals surface area contributed by atoms with Crippen molar-refractivity contribution in [2.45, 2.75) is 4.90 Å². The van der Waals surface area contributed by atoms with Crippen molar-refractivity contribution >= 4 is 27.8 Å². The molecule has 0 aliphatic carbocycles. The number of hydrogen-bond donors (Lipinski definition) is 1. The van der Waals surface area contributed by atoms with Crippen molar-refractivity contribution in [3.05, 3.63) is 66.5 Å². The molecule has 0 aliphatic rings. The van der Waals surface area contributed by atoms with Gasteiger partial charge < -0.3 is 18.9 Å². The van der Waals surface area contributed by atoms with Gasteiger partial charge in [0.1, 0.15) is 18.0 Å². The summed E-state index contributed by atoms with van der Waals surface area (Å²) in [6.45, 7) is -0.603. The number of hydrazone groups is 1. The average Bonchev–Trinajstić information content (AvgIpc) is 2.91. The van der Waals surface area contributed by atoms with E-state index in [0.717, 1.165) is 4.31 Å². The van der Waals surface area contributed by atoms with Crippen molar-refractivity contribution in [1.82, 2.24) is 10.4 Å². The van der Waals surface area contributed by atoms with Crippen LogP contribution in [0.5, 0.6) is 23.0 Å². The van der Waals surface area contributed by atoms with Crippen LogP contribution >= 0.6 is 0 Å². The molecule has 12 heteroatoms. The number of amides is 1. The molecule has 0 aliphatic heterocycles. The van der Waals surface area contributed by atoms with Crippen LogP contribution in [0.3, 0.4) is 0 Å². The van der Waals surface area contributed by atoms with Crippen molar-refractivity contribution in [3.8, 4) is 23.0 Å². The van der Waals surface area contributed by atoms with E-state index >= 15 is 0 Å². The Bertz CT molecular complexity index is 1330. The number of sulfonamides is 1. The Kier molecular flexibility index (Phi) is 8.68. The molecule has 11 nitrogen and oxygen atoms in total. The molecular formula is C24H26N4O7S. The van der Waals surface area contributed by atoms with Gasteiger partial charge in [-0.05, 0) is 42.0 Å². The minimum absolute atomic E-state index is 0.0971. The van der Waals surface area contributed by atoms with Crippen LogP contribution < -0.4 is 28.7 Å². The number of anilines is 1. The van der Waals surface area contributed by atoms with E-state index < -0.39 is 22.5 Å². The Morgan fingerprint density at radius 2 is 1.58 bits per heavy atom. The largest absolute Gasteiger partial charge is 0.497 e. The van der Waals surface area contributed by atoms with Crippen molar-refractivity contribution in [1.29, 1.82) is 0 Å². The summed E-state index contributed by atoms with van der Waals surface area (Å²) in [4.78, 5) is 16.6. The quantitative estimate of drug-likeness (QED) is 0.305. The van der Waals surface area contributed by atoms with E-state index in [9.17, 15) is 13.2 Å². The summed E-state index contributed by atoms with van der Waals surface area (Å²) >= 11 is 0. The van der Waals surface area contributed by atoms with E-state index in [2.05, 4.69) is 15.5 Å². The molecule has 0 atom stereocenters. The first-order valence-corrected chi connectivity index (χ1v) is 12.0. The van der Waals surface area contributed by atoms with Gasteiger partial charge in [-0.15, -0.1) is 0 Å². The normalized spacial score (nSPS) is 11.1. The van der Waals surface area contributed by atoms with Crippen LogP contribution in [0.1, 0.15) is 5.56 Å². The van der Waals surface area contributed by atoms with Crippen LogP contribution in [-0.4, -0.2) is 60.5 Å². The minimum Gasteiger partial charge on any atom is -0.497 e. The van der Waals surface area contributed by atoms with Crippen LogP contribution in [0.4, 0.5) is 5.69 Å². The number of hydrogen-bond acceptors (Lipinski definition) is 9. The lowest BCUT2D eigenvalue weighted by Crippen LogP contribution is -2.39. The Balaban J connectivity index is 2.02. The summed E-state index contributed by atoms with van der Waals surface area (Å²) < 4.78 is 49.6. The maximum atomic E-state index is 13.8. The molecule has 0 unspecified atom stereocenters. The summed E-state index contributed by atoms with van der Waals surface area (Å²) in [6, 6.07) is 12.2. The maximum Gasteiger partial charge on any atom is 0.265 e. The molecule has 3 aromatic rings. The van der Waals surface area contributed by atoms with Crippen molar-refractivity contribution in [3.63, 3.8) is 0 Å². The third-order valence-electron chi connectivity index (χ3n) is 4.99. The number of pyridine rings is 1. The average molecular weight is 515 g/mol. The Morgan fingerprint density at radius 1 is 0.917 bits per heavy atom. The molecule has 1 heterocycles. The van der Waals surface area contributed by atoms with Crippen LogP contribution in [0.25, 0.3) is 0 Å². The van der Waals surface area contributed by atoms with E-state index in [1.165, 1.54) is 58.9 Å². The molecule has 1 N–H and O–H groups in total. The Labute approximate surface area is 209 Å². The number of methoxy groups -OCH3 is 4. The Morgan fingerprint density at radius 3 is 2.22 bits per heavy atom. The van der Waals surface area contributed by atoms with Crippen LogP contribution in [0.2, 0.25) is 0 Å². The number of benzene rings is 2. The van der Waals surface area contributed by atoms with Crippen molar-refractivity contribution < 1.29 is 32.2 Å². The highest BCUT2D eigenvalue weighted by Crippen LogP contribution is 2.37. The third-order valence-corrected chi connectivity index (χ3v) is 6.75. The van der Waals surface area contributed by atoms with Crippen LogP contribution in [0, 0.1) is 0 Å². The van der Waals surface area contributed by atoms with Gasteiger partial charge in [-0.1, -0.05) is 0 Å². The minimum atomic E-state index is -4.30. The molecule has 0 saturated heterocycles. The van der Waals surface area contributed by atoms with E-state index in [4.69, 9.17) is 18.9 Å². The molecule has 36 heavy (non-hydrogen) atoms. The zero-order valence-electron chi connectivity index (χ0n) is 20.2. The SMILES string of the molecule is COc1ccc(OC)c(N(CC(=O)N/N=C\c2ccncc2)S(=O)(=O)c2ccc(OC)c(OC)c2)c1. The van der Waals surface area contributed by atoms with Gasteiger partial charge in [0.05, 0.1) is 45.2 Å². The lowest BCUT2D eigenvalue weighted by atomic mass is 10.2. The fourth-order valence-corrected chi connectivity index (χ4v) is 4.63. The zero-order valence-corrected chi connectivity index (χ0v) is 21.0. The topological polar surface area (TPSA) is 129 Å². The molecule has 0 bridgehead atoms. The van der Waals surface area contributed by atoms with Crippen LogP contribution in [0.15, 0.2) is 70.9 Å². The van der Waals surface area contributed by atoms with E-state index in [0.29, 0.717) is 17.1 Å². The number of rotatable bonds is 11. The van der Waals surface area contributed by atoms with Gasteiger partial charge >= 0.3 is 0 Å². The van der Waals surface area contributed by atoms with Gasteiger partial charge in [-0.3, -0.25) is 14.1 Å². The van der Waals surface area contributed by atoms with E-state index in [-0.39, 0.29) is 22.1 Å². The molecule has 190 valence electrons. The van der Waals surface area contributed by atoms with Gasteiger partial charge in [0.2, 0.25) is 0 Å². The summed E-state index contributed by atoms with van der Waals surface area (Å²) in [5, 5.41) is 3.90. The van der Waals surface area contributed by atoms with E-state index in [1.807, 2.05) is 0 Å². The smallest absolute Gasteiger partial charge is 0.265 e. The highest BCUT2D eigenvalue weighted by Gasteiger charge is 2.31. The molecule has 2 aromatic carbocycles. The molecule has 0 saturated carbocycles.